The molecule has 0 saturated carbocycles. The lowest BCUT2D eigenvalue weighted by Crippen LogP contribution is -2.47. The quantitative estimate of drug-likeness (QED) is 0.678. The highest BCUT2D eigenvalue weighted by Gasteiger charge is 2.24. The molecule has 2 aromatic carbocycles. The maximum atomic E-state index is 12.3. The monoisotopic (exact) mass is 307 g/mol. The van der Waals surface area contributed by atoms with Gasteiger partial charge < -0.3 is 5.32 Å². The molecule has 0 aliphatic rings. The van der Waals surface area contributed by atoms with Crippen LogP contribution in [0.5, 0.6) is 0 Å². The molecule has 0 heterocycles. The van der Waals surface area contributed by atoms with Crippen molar-refractivity contribution in [1.82, 2.24) is 10.2 Å². The highest BCUT2D eigenvalue weighted by atomic mass is 16.2. The second-order valence-electron chi connectivity index (χ2n) is 5.08. The third kappa shape index (κ3) is 4.42. The van der Waals surface area contributed by atoms with Gasteiger partial charge in [-0.25, -0.2) is 0 Å². The highest BCUT2D eigenvalue weighted by molar-refractivity contribution is 5.97. The number of likely N-dealkylation sites (N-methyl/N-ethyl adjacent to an activating group) is 1. The van der Waals surface area contributed by atoms with Gasteiger partial charge in [0.1, 0.15) is 6.04 Å². The van der Waals surface area contributed by atoms with Gasteiger partial charge in [-0.05, 0) is 17.7 Å². The SMILES string of the molecule is CN(C#N)C(=O)C(Cc1ccccc1)NC(=O)c1ccccc1. The minimum atomic E-state index is -0.797. The number of carbonyl (C=O) groups is 2. The maximum absolute atomic E-state index is 12.3. The summed E-state index contributed by atoms with van der Waals surface area (Å²) >= 11 is 0. The van der Waals surface area contributed by atoms with Crippen molar-refractivity contribution in [2.45, 2.75) is 12.5 Å². The molecule has 5 nitrogen and oxygen atoms in total. The zero-order valence-electron chi connectivity index (χ0n) is 12.8. The number of nitrogens with zero attached hydrogens (tertiary/aromatic N) is 2. The molecule has 2 amide bonds. The molecule has 5 heteroatoms. The molecule has 0 aromatic heterocycles. The third-order valence-electron chi connectivity index (χ3n) is 3.40. The van der Waals surface area contributed by atoms with E-state index in [1.165, 1.54) is 7.05 Å². The Bertz CT molecular complexity index is 708. The Balaban J connectivity index is 2.18. The number of rotatable bonds is 5. The van der Waals surface area contributed by atoms with Crippen LogP contribution in [0.25, 0.3) is 0 Å². The average Bonchev–Trinajstić information content (AvgIpc) is 2.61. The Morgan fingerprint density at radius 3 is 2.22 bits per heavy atom. The van der Waals surface area contributed by atoms with Crippen LogP contribution in [0.1, 0.15) is 15.9 Å². The first kappa shape index (κ1) is 16.2. The summed E-state index contributed by atoms with van der Waals surface area (Å²) in [5.41, 5.74) is 1.38. The van der Waals surface area contributed by atoms with Gasteiger partial charge in [0.05, 0.1) is 0 Å². The van der Waals surface area contributed by atoms with Gasteiger partial charge in [-0.2, -0.15) is 5.26 Å². The fourth-order valence-electron chi connectivity index (χ4n) is 2.16. The van der Waals surface area contributed by atoms with Crippen LogP contribution in [0.3, 0.4) is 0 Å². The largest absolute Gasteiger partial charge is 0.340 e. The maximum Gasteiger partial charge on any atom is 0.258 e. The predicted molar refractivity (Wildman–Crippen MR) is 86.2 cm³/mol. The first-order valence-corrected chi connectivity index (χ1v) is 7.19. The van der Waals surface area contributed by atoms with E-state index in [0.717, 1.165) is 10.5 Å². The van der Waals surface area contributed by atoms with Crippen molar-refractivity contribution < 1.29 is 9.59 Å². The van der Waals surface area contributed by atoms with E-state index >= 15 is 0 Å². The van der Waals surface area contributed by atoms with Crippen LogP contribution >= 0.6 is 0 Å². The van der Waals surface area contributed by atoms with Crippen LogP contribution in [-0.4, -0.2) is 29.8 Å². The zero-order chi connectivity index (χ0) is 16.7. The summed E-state index contributed by atoms with van der Waals surface area (Å²) in [7, 11) is 1.38. The number of nitrogens with one attached hydrogen (secondary N) is 1. The van der Waals surface area contributed by atoms with E-state index in [9.17, 15) is 9.59 Å². The van der Waals surface area contributed by atoms with E-state index < -0.39 is 11.9 Å². The van der Waals surface area contributed by atoms with E-state index in [0.29, 0.717) is 12.0 Å². The molecule has 0 aliphatic heterocycles. The molecule has 1 unspecified atom stereocenters. The van der Waals surface area contributed by atoms with Crippen molar-refractivity contribution in [2.24, 2.45) is 0 Å². The fourth-order valence-corrected chi connectivity index (χ4v) is 2.16. The van der Waals surface area contributed by atoms with Crippen LogP contribution in [0.2, 0.25) is 0 Å². The van der Waals surface area contributed by atoms with Crippen LogP contribution in [0, 0.1) is 11.5 Å². The number of hydrogen-bond donors (Lipinski definition) is 1. The molecule has 2 rings (SSSR count). The molecule has 2 aromatic rings. The lowest BCUT2D eigenvalue weighted by atomic mass is 10.0. The molecule has 0 saturated heterocycles. The topological polar surface area (TPSA) is 73.2 Å². The summed E-state index contributed by atoms with van der Waals surface area (Å²) in [6.07, 6.45) is 2.10. The van der Waals surface area contributed by atoms with E-state index in [1.54, 1.807) is 30.5 Å². The minimum absolute atomic E-state index is 0.324. The Kier molecular flexibility index (Phi) is 5.48. The van der Waals surface area contributed by atoms with Crippen molar-refractivity contribution in [2.75, 3.05) is 7.05 Å². The minimum Gasteiger partial charge on any atom is -0.340 e. The summed E-state index contributed by atoms with van der Waals surface area (Å²) in [6.45, 7) is 0. The van der Waals surface area contributed by atoms with E-state index in [2.05, 4.69) is 5.32 Å². The van der Waals surface area contributed by atoms with Gasteiger partial charge in [-0.3, -0.25) is 14.5 Å². The van der Waals surface area contributed by atoms with Crippen molar-refractivity contribution in [3.8, 4) is 6.19 Å². The van der Waals surface area contributed by atoms with Gasteiger partial charge in [0.25, 0.3) is 11.8 Å². The molecule has 0 radical (unpaired) electrons. The predicted octanol–water partition coefficient (Wildman–Crippen LogP) is 1.97. The first-order chi connectivity index (χ1) is 11.1. The molecule has 0 aliphatic carbocycles. The number of hydrogen-bond acceptors (Lipinski definition) is 3. The normalized spacial score (nSPS) is 11.1. The number of benzene rings is 2. The second kappa shape index (κ2) is 7.76. The second-order valence-corrected chi connectivity index (χ2v) is 5.08. The van der Waals surface area contributed by atoms with Gasteiger partial charge in [-0.15, -0.1) is 0 Å². The van der Waals surface area contributed by atoms with Crippen molar-refractivity contribution >= 4 is 11.8 Å². The summed E-state index contributed by atoms with van der Waals surface area (Å²) in [5, 5.41) is 11.6. The Morgan fingerprint density at radius 2 is 1.65 bits per heavy atom. The Morgan fingerprint density at radius 1 is 1.09 bits per heavy atom. The first-order valence-electron chi connectivity index (χ1n) is 7.19. The average molecular weight is 307 g/mol. The van der Waals surface area contributed by atoms with Gasteiger partial charge in [0.2, 0.25) is 0 Å². The molecule has 1 N–H and O–H groups in total. The van der Waals surface area contributed by atoms with Crippen molar-refractivity contribution in [3.05, 3.63) is 71.8 Å². The van der Waals surface area contributed by atoms with Crippen LogP contribution in [0.15, 0.2) is 60.7 Å². The number of amides is 2. The Labute approximate surface area is 135 Å². The van der Waals surface area contributed by atoms with Gasteiger partial charge in [-0.1, -0.05) is 48.5 Å². The van der Waals surface area contributed by atoms with E-state index in [1.807, 2.05) is 36.4 Å². The van der Waals surface area contributed by atoms with Crippen LogP contribution < -0.4 is 5.32 Å². The van der Waals surface area contributed by atoms with Crippen molar-refractivity contribution in [3.63, 3.8) is 0 Å². The fraction of sp³-hybridized carbons (Fsp3) is 0.167. The molecule has 0 bridgehead atoms. The standard InChI is InChI=1S/C18H17N3O2/c1-21(13-19)18(23)16(12-14-8-4-2-5-9-14)20-17(22)15-10-6-3-7-11-15/h2-11,16H,12H2,1H3,(H,20,22). The number of carbonyl (C=O) groups excluding carboxylic acids is 2. The van der Waals surface area contributed by atoms with Crippen LogP contribution in [-0.2, 0) is 11.2 Å². The van der Waals surface area contributed by atoms with Gasteiger partial charge in [0.15, 0.2) is 6.19 Å². The molecule has 0 fully saturated rings. The molecule has 0 spiro atoms. The lowest BCUT2D eigenvalue weighted by Gasteiger charge is -2.20. The zero-order valence-corrected chi connectivity index (χ0v) is 12.8. The molecule has 23 heavy (non-hydrogen) atoms. The molecular formula is C18H17N3O2. The van der Waals surface area contributed by atoms with Gasteiger partial charge in [0, 0.05) is 19.0 Å². The summed E-state index contributed by atoms with van der Waals surface area (Å²) in [6, 6.07) is 17.2. The molecule has 1 atom stereocenters. The molecular weight excluding hydrogens is 290 g/mol. The van der Waals surface area contributed by atoms with E-state index in [4.69, 9.17) is 5.26 Å². The Hall–Kier alpha value is -3.13. The summed E-state index contributed by atoms with van der Waals surface area (Å²) in [4.78, 5) is 25.6. The smallest absolute Gasteiger partial charge is 0.258 e. The third-order valence-corrected chi connectivity index (χ3v) is 3.40. The van der Waals surface area contributed by atoms with E-state index in [-0.39, 0.29) is 5.91 Å². The molecule has 116 valence electrons. The van der Waals surface area contributed by atoms with Crippen LogP contribution in [0.4, 0.5) is 0 Å². The summed E-state index contributed by atoms with van der Waals surface area (Å²) < 4.78 is 0. The van der Waals surface area contributed by atoms with Gasteiger partial charge >= 0.3 is 0 Å². The highest BCUT2D eigenvalue weighted by Crippen LogP contribution is 2.07. The summed E-state index contributed by atoms with van der Waals surface area (Å²) in [5.74, 6) is -0.785. The van der Waals surface area contributed by atoms with Crippen molar-refractivity contribution in [1.29, 1.82) is 5.26 Å². The number of nitriles is 1. The lowest BCUT2D eigenvalue weighted by molar-refractivity contribution is -0.129.